The number of pyridine rings is 1. The van der Waals surface area contributed by atoms with Gasteiger partial charge in [0.2, 0.25) is 11.7 Å². The van der Waals surface area contributed by atoms with Crippen LogP contribution in [0.3, 0.4) is 0 Å². The van der Waals surface area contributed by atoms with Crippen molar-refractivity contribution in [1.82, 2.24) is 20.0 Å². The van der Waals surface area contributed by atoms with Crippen molar-refractivity contribution in [2.45, 2.75) is 12.5 Å². The Kier molecular flexibility index (Phi) is 4.77. The summed E-state index contributed by atoms with van der Waals surface area (Å²) in [6.45, 7) is 1.24. The Morgan fingerprint density at radius 1 is 1.48 bits per heavy atom. The van der Waals surface area contributed by atoms with Gasteiger partial charge in [-0.2, -0.15) is 4.98 Å². The van der Waals surface area contributed by atoms with Gasteiger partial charge in [-0.05, 0) is 13.1 Å². The third kappa shape index (κ3) is 3.80. The number of halogens is 2. The largest absolute Gasteiger partial charge is 0.488 e. The zero-order valence-corrected chi connectivity index (χ0v) is 12.5. The van der Waals surface area contributed by atoms with Crippen LogP contribution in [0.15, 0.2) is 22.9 Å². The topological polar surface area (TPSA) is 73.5 Å². The van der Waals surface area contributed by atoms with Crippen LogP contribution in [0.4, 0.5) is 8.78 Å². The van der Waals surface area contributed by atoms with Crippen LogP contribution < -0.4 is 4.74 Å². The minimum Gasteiger partial charge on any atom is -0.488 e. The molecule has 9 heteroatoms. The van der Waals surface area contributed by atoms with E-state index in [1.807, 2.05) is 7.05 Å². The monoisotopic (exact) mass is 326 g/mol. The number of aromatic nitrogens is 3. The zero-order chi connectivity index (χ0) is 16.2. The average molecular weight is 326 g/mol. The predicted octanol–water partition coefficient (Wildman–Crippen LogP) is 1.78. The lowest BCUT2D eigenvalue weighted by Gasteiger charge is -2.29. The summed E-state index contributed by atoms with van der Waals surface area (Å²) in [6, 6.07) is 2.89. The Morgan fingerprint density at radius 3 is 3.13 bits per heavy atom. The number of rotatable bonds is 5. The van der Waals surface area contributed by atoms with Crippen molar-refractivity contribution in [3.05, 3.63) is 24.2 Å². The Bertz CT molecular complexity index is 652. The maximum absolute atomic E-state index is 12.2. The van der Waals surface area contributed by atoms with Crippen LogP contribution in [0, 0.1) is 0 Å². The normalized spacial score (nSPS) is 19.2. The molecule has 2 aromatic heterocycles. The van der Waals surface area contributed by atoms with Crippen LogP contribution in [-0.4, -0.2) is 59.9 Å². The second-order valence-electron chi connectivity index (χ2n) is 5.11. The third-order valence-corrected chi connectivity index (χ3v) is 3.46. The highest BCUT2D eigenvalue weighted by molar-refractivity contribution is 5.50. The van der Waals surface area contributed by atoms with E-state index in [0.29, 0.717) is 24.8 Å². The first-order valence-electron chi connectivity index (χ1n) is 7.12. The van der Waals surface area contributed by atoms with Crippen LogP contribution in [0.5, 0.6) is 5.75 Å². The lowest BCUT2D eigenvalue weighted by Crippen LogP contribution is -2.36. The van der Waals surface area contributed by atoms with Crippen LogP contribution in [0.25, 0.3) is 11.5 Å². The summed E-state index contributed by atoms with van der Waals surface area (Å²) >= 11 is 0. The molecule has 3 heterocycles. The van der Waals surface area contributed by atoms with Crippen LogP contribution >= 0.6 is 0 Å². The maximum atomic E-state index is 12.2. The molecule has 0 amide bonds. The number of hydrogen-bond acceptors (Lipinski definition) is 7. The summed E-state index contributed by atoms with van der Waals surface area (Å²) in [5.74, 6) is 0.990. The minimum absolute atomic E-state index is 0.108. The molecule has 0 spiro atoms. The third-order valence-electron chi connectivity index (χ3n) is 3.46. The lowest BCUT2D eigenvalue weighted by molar-refractivity contribution is -0.00665. The van der Waals surface area contributed by atoms with Gasteiger partial charge in [-0.1, -0.05) is 5.16 Å². The molecule has 0 radical (unpaired) electrons. The van der Waals surface area contributed by atoms with Gasteiger partial charge in [0, 0.05) is 18.8 Å². The highest BCUT2D eigenvalue weighted by atomic mass is 19.3. The van der Waals surface area contributed by atoms with E-state index in [9.17, 15) is 8.78 Å². The van der Waals surface area contributed by atoms with Crippen molar-refractivity contribution in [3.8, 4) is 17.3 Å². The molecule has 0 bridgehead atoms. The number of alkyl halides is 2. The molecule has 124 valence electrons. The zero-order valence-electron chi connectivity index (χ0n) is 12.5. The molecule has 1 unspecified atom stereocenters. The van der Waals surface area contributed by atoms with E-state index in [1.54, 1.807) is 0 Å². The van der Waals surface area contributed by atoms with Crippen molar-refractivity contribution >= 4 is 0 Å². The smallest absolute Gasteiger partial charge is 0.272 e. The van der Waals surface area contributed by atoms with E-state index < -0.39 is 13.0 Å². The Balaban J connectivity index is 1.76. The second kappa shape index (κ2) is 6.97. The molecule has 0 N–H and O–H groups in total. The van der Waals surface area contributed by atoms with Crippen LogP contribution in [-0.2, 0) is 4.74 Å². The van der Waals surface area contributed by atoms with Crippen LogP contribution in [0.2, 0.25) is 0 Å². The highest BCUT2D eigenvalue weighted by Gasteiger charge is 2.27. The lowest BCUT2D eigenvalue weighted by atomic mass is 10.2. The van der Waals surface area contributed by atoms with Gasteiger partial charge in [-0.25, -0.2) is 8.78 Å². The summed E-state index contributed by atoms with van der Waals surface area (Å²) in [7, 11) is 1.95. The van der Waals surface area contributed by atoms with Gasteiger partial charge in [0.25, 0.3) is 6.43 Å². The highest BCUT2D eigenvalue weighted by Crippen LogP contribution is 2.24. The van der Waals surface area contributed by atoms with Gasteiger partial charge < -0.3 is 14.0 Å². The van der Waals surface area contributed by atoms with Gasteiger partial charge in [0.15, 0.2) is 0 Å². The first kappa shape index (κ1) is 15.8. The molecule has 1 atom stereocenters. The van der Waals surface area contributed by atoms with Gasteiger partial charge in [0.1, 0.15) is 24.1 Å². The van der Waals surface area contributed by atoms with Crippen molar-refractivity contribution in [2.24, 2.45) is 0 Å². The summed E-state index contributed by atoms with van der Waals surface area (Å²) in [6.07, 6.45) is -1.09. The summed E-state index contributed by atoms with van der Waals surface area (Å²) in [5, 5.41) is 3.90. The van der Waals surface area contributed by atoms with Crippen molar-refractivity contribution in [3.63, 3.8) is 0 Å². The molecule has 1 saturated heterocycles. The molecule has 2 aromatic rings. The SMILES string of the molecule is CN1CCOCC1c1nc(-c2cc(OCC(F)F)ccn2)no1. The molecule has 1 fully saturated rings. The first-order chi connectivity index (χ1) is 11.1. The van der Waals surface area contributed by atoms with Crippen molar-refractivity contribution < 1.29 is 22.8 Å². The van der Waals surface area contributed by atoms with E-state index >= 15 is 0 Å². The molecule has 0 aromatic carbocycles. The molecule has 7 nitrogen and oxygen atoms in total. The van der Waals surface area contributed by atoms with Gasteiger partial charge in [-0.15, -0.1) is 0 Å². The molecule has 1 aliphatic heterocycles. The predicted molar refractivity (Wildman–Crippen MR) is 75.2 cm³/mol. The fraction of sp³-hybridized carbons (Fsp3) is 0.500. The fourth-order valence-corrected chi connectivity index (χ4v) is 2.20. The number of nitrogens with zero attached hydrogens (tertiary/aromatic N) is 4. The van der Waals surface area contributed by atoms with E-state index in [4.69, 9.17) is 14.0 Å². The Hall–Kier alpha value is -2.13. The minimum atomic E-state index is -2.54. The fourth-order valence-electron chi connectivity index (χ4n) is 2.20. The first-order valence-corrected chi connectivity index (χ1v) is 7.12. The molecule has 0 aliphatic carbocycles. The number of likely N-dealkylation sites (N-methyl/N-ethyl adjacent to an activating group) is 1. The molecular weight excluding hydrogens is 310 g/mol. The van der Waals surface area contributed by atoms with Crippen molar-refractivity contribution in [1.29, 1.82) is 0 Å². The summed E-state index contributed by atoms with van der Waals surface area (Å²) in [4.78, 5) is 10.5. The van der Waals surface area contributed by atoms with Crippen LogP contribution in [0.1, 0.15) is 11.9 Å². The second-order valence-corrected chi connectivity index (χ2v) is 5.11. The molecule has 1 aliphatic rings. The molecule has 0 saturated carbocycles. The Morgan fingerprint density at radius 2 is 2.35 bits per heavy atom. The number of morpholine rings is 1. The number of ether oxygens (including phenoxy) is 2. The molecule has 23 heavy (non-hydrogen) atoms. The summed E-state index contributed by atoms with van der Waals surface area (Å²) < 4.78 is 40.1. The van der Waals surface area contributed by atoms with Gasteiger partial charge in [-0.3, -0.25) is 9.88 Å². The van der Waals surface area contributed by atoms with Gasteiger partial charge in [0.05, 0.1) is 13.2 Å². The molecule has 3 rings (SSSR count). The van der Waals surface area contributed by atoms with Gasteiger partial charge >= 0.3 is 0 Å². The molecular formula is C14H16F2N4O3. The van der Waals surface area contributed by atoms with E-state index in [1.165, 1.54) is 18.3 Å². The maximum Gasteiger partial charge on any atom is 0.272 e. The Labute approximate surface area is 131 Å². The standard InChI is InChI=1S/C14H16F2N4O3/c1-20-4-5-21-7-11(20)14-18-13(19-23-14)10-6-9(2-3-17-10)22-8-12(15)16/h2-3,6,11-12H,4-5,7-8H2,1H3. The number of hydrogen-bond donors (Lipinski definition) is 0. The van der Waals surface area contributed by atoms with Crippen molar-refractivity contribution in [2.75, 3.05) is 33.4 Å². The van der Waals surface area contributed by atoms with E-state index in [2.05, 4.69) is 20.0 Å². The average Bonchev–Trinajstić information content (AvgIpc) is 3.03. The van der Waals surface area contributed by atoms with E-state index in [-0.39, 0.29) is 17.6 Å². The van der Waals surface area contributed by atoms with E-state index in [0.717, 1.165) is 6.54 Å². The quantitative estimate of drug-likeness (QED) is 0.829. The summed E-state index contributed by atoms with van der Waals surface area (Å²) in [5.41, 5.74) is 0.395.